The first kappa shape index (κ1) is 17.7. The zero-order valence-electron chi connectivity index (χ0n) is 14.8. The largest absolute Gasteiger partial charge is 0.453 e. The molecule has 2 heterocycles. The van der Waals surface area contributed by atoms with Crippen LogP contribution in [0.25, 0.3) is 22.3 Å². The molecule has 0 aliphatic carbocycles. The van der Waals surface area contributed by atoms with Crippen molar-refractivity contribution in [3.8, 4) is 11.3 Å². The lowest BCUT2D eigenvalue weighted by molar-refractivity contribution is 0.0428. The molecule has 0 saturated heterocycles. The number of hydrogen-bond donors (Lipinski definition) is 0. The van der Waals surface area contributed by atoms with Crippen molar-refractivity contribution in [2.75, 3.05) is 0 Å². The van der Waals surface area contributed by atoms with Gasteiger partial charge >= 0.3 is 5.97 Å². The van der Waals surface area contributed by atoms with E-state index in [-0.39, 0.29) is 23.6 Å². The fourth-order valence-corrected chi connectivity index (χ4v) is 2.78. The van der Waals surface area contributed by atoms with Gasteiger partial charge in [-0.3, -0.25) is 4.79 Å². The van der Waals surface area contributed by atoms with Gasteiger partial charge < -0.3 is 13.7 Å². The Hall–Kier alpha value is -3.74. The molecular formula is C21H14FNO5. The highest BCUT2D eigenvalue weighted by atomic mass is 19.1. The quantitative estimate of drug-likeness (QED) is 0.493. The maximum absolute atomic E-state index is 13.1. The van der Waals surface area contributed by atoms with E-state index in [1.165, 1.54) is 12.1 Å². The highest BCUT2D eigenvalue weighted by Crippen LogP contribution is 2.26. The van der Waals surface area contributed by atoms with Gasteiger partial charge in [-0.05, 0) is 43.3 Å². The molecule has 0 fully saturated rings. The second-order valence-electron chi connectivity index (χ2n) is 6.14. The Labute approximate surface area is 158 Å². The van der Waals surface area contributed by atoms with Gasteiger partial charge in [-0.1, -0.05) is 17.3 Å². The van der Waals surface area contributed by atoms with E-state index in [1.807, 2.05) is 0 Å². The molecule has 4 aromatic rings. The Kier molecular flexibility index (Phi) is 4.49. The molecule has 0 unspecified atom stereocenters. The molecule has 28 heavy (non-hydrogen) atoms. The van der Waals surface area contributed by atoms with Gasteiger partial charge in [0.25, 0.3) is 0 Å². The molecule has 7 heteroatoms. The summed E-state index contributed by atoms with van der Waals surface area (Å²) in [6.45, 7) is 1.60. The molecule has 0 amide bonds. The van der Waals surface area contributed by atoms with Crippen LogP contribution in [0.1, 0.15) is 21.8 Å². The monoisotopic (exact) mass is 379 g/mol. The summed E-state index contributed by atoms with van der Waals surface area (Å²) in [6, 6.07) is 13.5. The lowest BCUT2D eigenvalue weighted by Gasteiger charge is -2.04. The van der Waals surface area contributed by atoms with Gasteiger partial charge in [0.1, 0.15) is 23.7 Å². The average Bonchev–Trinajstić information content (AvgIpc) is 3.07. The number of nitrogens with zero attached hydrogens (tertiary/aromatic N) is 1. The molecule has 0 saturated carbocycles. The lowest BCUT2D eigenvalue weighted by atomic mass is 10.1. The lowest BCUT2D eigenvalue weighted by Crippen LogP contribution is -2.10. The maximum atomic E-state index is 13.1. The van der Waals surface area contributed by atoms with Gasteiger partial charge in [0.15, 0.2) is 11.2 Å². The number of halogens is 1. The van der Waals surface area contributed by atoms with Crippen molar-refractivity contribution in [1.29, 1.82) is 0 Å². The summed E-state index contributed by atoms with van der Waals surface area (Å²) in [4.78, 5) is 24.4. The number of benzene rings is 2. The van der Waals surface area contributed by atoms with Gasteiger partial charge in [0.2, 0.25) is 5.76 Å². The molecule has 0 radical (unpaired) electrons. The van der Waals surface area contributed by atoms with Crippen molar-refractivity contribution in [3.63, 3.8) is 0 Å². The number of carbonyl (C=O) groups excluding carboxylic acids is 1. The minimum absolute atomic E-state index is 0.161. The summed E-state index contributed by atoms with van der Waals surface area (Å²) >= 11 is 0. The predicted octanol–water partition coefficient (Wildman–Crippen LogP) is 4.25. The Morgan fingerprint density at radius 2 is 1.89 bits per heavy atom. The molecule has 140 valence electrons. The Balaban J connectivity index is 1.53. The fourth-order valence-electron chi connectivity index (χ4n) is 2.78. The molecule has 0 N–H and O–H groups in total. The van der Waals surface area contributed by atoms with E-state index >= 15 is 0 Å². The van der Waals surface area contributed by atoms with Crippen LogP contribution in [0.4, 0.5) is 4.39 Å². The highest BCUT2D eigenvalue weighted by Gasteiger charge is 2.18. The number of ether oxygens (including phenoxy) is 1. The van der Waals surface area contributed by atoms with Crippen molar-refractivity contribution in [2.24, 2.45) is 0 Å². The van der Waals surface area contributed by atoms with E-state index in [4.69, 9.17) is 13.7 Å². The van der Waals surface area contributed by atoms with Crippen LogP contribution in [0.5, 0.6) is 0 Å². The van der Waals surface area contributed by atoms with Gasteiger partial charge in [-0.2, -0.15) is 0 Å². The number of esters is 1. The fraction of sp³-hybridized carbons (Fsp3) is 0.0952. The molecule has 0 aliphatic rings. The Morgan fingerprint density at radius 1 is 1.14 bits per heavy atom. The van der Waals surface area contributed by atoms with Crippen molar-refractivity contribution in [2.45, 2.75) is 13.5 Å². The third-order valence-electron chi connectivity index (χ3n) is 4.30. The molecule has 4 rings (SSSR count). The third-order valence-corrected chi connectivity index (χ3v) is 4.30. The third kappa shape index (κ3) is 3.29. The van der Waals surface area contributed by atoms with Crippen LogP contribution in [0, 0.1) is 12.7 Å². The predicted molar refractivity (Wildman–Crippen MR) is 98.2 cm³/mol. The van der Waals surface area contributed by atoms with Gasteiger partial charge in [-0.15, -0.1) is 0 Å². The van der Waals surface area contributed by atoms with E-state index in [9.17, 15) is 14.0 Å². The molecule has 0 atom stereocenters. The van der Waals surface area contributed by atoms with Crippen molar-refractivity contribution < 1.29 is 22.9 Å². The Morgan fingerprint density at radius 3 is 2.68 bits per heavy atom. The van der Waals surface area contributed by atoms with Crippen LogP contribution in [0.2, 0.25) is 0 Å². The number of aromatic nitrogens is 1. The molecule has 0 aliphatic heterocycles. The summed E-state index contributed by atoms with van der Waals surface area (Å²) in [7, 11) is 0. The molecule has 6 nitrogen and oxygen atoms in total. The highest BCUT2D eigenvalue weighted by molar-refractivity contribution is 5.88. The molecule has 0 spiro atoms. The van der Waals surface area contributed by atoms with Crippen LogP contribution in [-0.4, -0.2) is 11.1 Å². The smallest absolute Gasteiger partial charge is 0.374 e. The second kappa shape index (κ2) is 7.11. The summed E-state index contributed by atoms with van der Waals surface area (Å²) < 4.78 is 29.0. The van der Waals surface area contributed by atoms with Crippen LogP contribution >= 0.6 is 0 Å². The van der Waals surface area contributed by atoms with Crippen molar-refractivity contribution in [1.82, 2.24) is 5.16 Å². The molecule has 2 aromatic heterocycles. The normalized spacial score (nSPS) is 10.9. The van der Waals surface area contributed by atoms with E-state index in [1.54, 1.807) is 43.3 Å². The van der Waals surface area contributed by atoms with Gasteiger partial charge in [0.05, 0.1) is 5.39 Å². The minimum atomic E-state index is -0.784. The zero-order valence-corrected chi connectivity index (χ0v) is 14.8. The first-order valence-corrected chi connectivity index (χ1v) is 8.44. The zero-order chi connectivity index (χ0) is 19.7. The number of hydrogen-bond acceptors (Lipinski definition) is 6. The molecular weight excluding hydrogens is 365 g/mol. The average molecular weight is 379 g/mol. The number of fused-ring (bicyclic) bond motifs is 1. The van der Waals surface area contributed by atoms with Crippen LogP contribution in [-0.2, 0) is 11.3 Å². The number of rotatable bonds is 4. The van der Waals surface area contributed by atoms with E-state index in [2.05, 4.69) is 5.16 Å². The summed E-state index contributed by atoms with van der Waals surface area (Å²) in [5, 5.41) is 4.29. The SMILES string of the molecule is Cc1c(COC(=O)c2cc(=O)c3ccccc3o2)noc1-c1ccc(F)cc1. The van der Waals surface area contributed by atoms with Crippen molar-refractivity contribution >= 4 is 16.9 Å². The van der Waals surface area contributed by atoms with E-state index < -0.39 is 5.97 Å². The molecule has 0 bridgehead atoms. The van der Waals surface area contributed by atoms with Crippen LogP contribution < -0.4 is 5.43 Å². The number of carbonyl (C=O) groups is 1. The number of para-hydroxylation sites is 1. The summed E-state index contributed by atoms with van der Waals surface area (Å²) in [5.41, 5.74) is 1.71. The summed E-state index contributed by atoms with van der Waals surface area (Å²) in [5.74, 6) is -0.868. The van der Waals surface area contributed by atoms with Gasteiger partial charge in [0, 0.05) is 17.2 Å². The van der Waals surface area contributed by atoms with E-state index in [0.29, 0.717) is 33.6 Å². The molecule has 2 aromatic carbocycles. The van der Waals surface area contributed by atoms with E-state index in [0.717, 1.165) is 6.07 Å². The van der Waals surface area contributed by atoms with Crippen LogP contribution in [0.3, 0.4) is 0 Å². The first-order valence-electron chi connectivity index (χ1n) is 8.44. The maximum Gasteiger partial charge on any atom is 0.374 e. The standard InChI is InChI=1S/C21H14FNO5/c1-12-16(23-28-20(12)13-6-8-14(22)9-7-13)11-26-21(25)19-10-17(24)15-4-2-3-5-18(15)27-19/h2-10H,11H2,1H3. The first-order chi connectivity index (χ1) is 13.5. The van der Waals surface area contributed by atoms with Crippen molar-refractivity contribution in [3.05, 3.63) is 87.7 Å². The minimum Gasteiger partial charge on any atom is -0.453 e. The van der Waals surface area contributed by atoms with Crippen LogP contribution in [0.15, 0.2) is 68.3 Å². The topological polar surface area (TPSA) is 82.5 Å². The Bertz CT molecular complexity index is 1220. The second-order valence-corrected chi connectivity index (χ2v) is 6.14. The summed E-state index contributed by atoms with van der Waals surface area (Å²) in [6.07, 6.45) is 0. The van der Waals surface area contributed by atoms with Gasteiger partial charge in [-0.25, -0.2) is 9.18 Å².